The highest BCUT2D eigenvalue weighted by molar-refractivity contribution is 9.10. The first-order valence-electron chi connectivity index (χ1n) is 10.6. The number of rotatable bonds is 5. The van der Waals surface area contributed by atoms with Gasteiger partial charge in [-0.2, -0.15) is 0 Å². The number of aliphatic hydroxyl groups excluding tert-OH is 1. The highest BCUT2D eigenvalue weighted by Gasteiger charge is 2.25. The average molecular weight is 561 g/mol. The molecular formula is C24H23Br2N3O3. The molecule has 0 spiro atoms. The van der Waals surface area contributed by atoms with E-state index in [2.05, 4.69) is 65.6 Å². The number of aromatic nitrogens is 1. The van der Waals surface area contributed by atoms with Gasteiger partial charge in [0, 0.05) is 63.5 Å². The topological polar surface area (TPSA) is 61.9 Å². The van der Waals surface area contributed by atoms with Crippen molar-refractivity contribution in [1.29, 1.82) is 0 Å². The summed E-state index contributed by atoms with van der Waals surface area (Å²) in [6.45, 7) is 3.80. The van der Waals surface area contributed by atoms with E-state index in [-0.39, 0.29) is 5.91 Å². The average Bonchev–Trinajstić information content (AvgIpc) is 3.41. The van der Waals surface area contributed by atoms with Gasteiger partial charge in [-0.15, -0.1) is 0 Å². The minimum absolute atomic E-state index is 0.0715. The number of hydrogen-bond acceptors (Lipinski definition) is 4. The van der Waals surface area contributed by atoms with E-state index < -0.39 is 6.10 Å². The number of piperazine rings is 1. The summed E-state index contributed by atoms with van der Waals surface area (Å²) in [5, 5.41) is 13.3. The van der Waals surface area contributed by atoms with E-state index >= 15 is 0 Å². The van der Waals surface area contributed by atoms with Crippen LogP contribution in [-0.2, 0) is 6.54 Å². The lowest BCUT2D eigenvalue weighted by Gasteiger charge is -2.35. The quantitative estimate of drug-likeness (QED) is 0.383. The standard InChI is InChI=1S/C24H23Br2N3O3/c25-16-3-5-21-19(12-16)20-13-17(26)4-6-22(20)29(21)15-18(30)14-27-7-9-28(10-8-27)24(31)23-2-1-11-32-23/h1-6,11-13,18,30H,7-10,14-15H2. The van der Waals surface area contributed by atoms with Gasteiger partial charge in [-0.1, -0.05) is 31.9 Å². The Balaban J connectivity index is 1.28. The smallest absolute Gasteiger partial charge is 0.289 e. The van der Waals surface area contributed by atoms with Crippen LogP contribution in [0.15, 0.2) is 68.2 Å². The third-order valence-electron chi connectivity index (χ3n) is 6.04. The summed E-state index contributed by atoms with van der Waals surface area (Å²) in [6.07, 6.45) is 1.000. The highest BCUT2D eigenvalue weighted by atomic mass is 79.9. The van der Waals surface area contributed by atoms with E-state index in [1.165, 1.54) is 6.26 Å². The molecule has 0 bridgehead atoms. The van der Waals surface area contributed by atoms with Crippen LogP contribution in [0.3, 0.4) is 0 Å². The molecule has 0 aliphatic carbocycles. The molecule has 0 saturated carbocycles. The Morgan fingerprint density at radius 2 is 1.56 bits per heavy atom. The number of hydrogen-bond donors (Lipinski definition) is 1. The summed E-state index contributed by atoms with van der Waals surface area (Å²) < 4.78 is 9.50. The Bertz CT molecular complexity index is 1200. The number of nitrogens with zero attached hydrogens (tertiary/aromatic N) is 3. The highest BCUT2D eigenvalue weighted by Crippen LogP contribution is 2.33. The van der Waals surface area contributed by atoms with Crippen molar-refractivity contribution in [3.8, 4) is 0 Å². The molecule has 3 heterocycles. The van der Waals surface area contributed by atoms with Crippen LogP contribution in [0.1, 0.15) is 10.6 Å². The molecule has 1 unspecified atom stereocenters. The van der Waals surface area contributed by atoms with Gasteiger partial charge in [0.2, 0.25) is 0 Å². The van der Waals surface area contributed by atoms with E-state index in [9.17, 15) is 9.90 Å². The van der Waals surface area contributed by atoms with Crippen molar-refractivity contribution in [2.24, 2.45) is 0 Å². The first-order valence-corrected chi connectivity index (χ1v) is 12.2. The molecule has 1 saturated heterocycles. The van der Waals surface area contributed by atoms with E-state index in [0.29, 0.717) is 31.9 Å². The maximum atomic E-state index is 12.5. The molecule has 166 valence electrons. The summed E-state index contributed by atoms with van der Waals surface area (Å²) in [4.78, 5) is 16.5. The van der Waals surface area contributed by atoms with Gasteiger partial charge in [-0.3, -0.25) is 9.69 Å². The molecule has 2 aromatic carbocycles. The number of carbonyl (C=O) groups is 1. The second kappa shape index (κ2) is 9.02. The molecule has 1 amide bonds. The van der Waals surface area contributed by atoms with E-state index in [1.807, 2.05) is 17.0 Å². The zero-order chi connectivity index (χ0) is 22.2. The number of halogens is 2. The minimum Gasteiger partial charge on any atom is -0.459 e. The van der Waals surface area contributed by atoms with E-state index in [4.69, 9.17) is 4.42 Å². The van der Waals surface area contributed by atoms with Crippen molar-refractivity contribution in [3.63, 3.8) is 0 Å². The zero-order valence-corrected chi connectivity index (χ0v) is 20.5. The van der Waals surface area contributed by atoms with Crippen LogP contribution in [0.2, 0.25) is 0 Å². The fourth-order valence-corrected chi connectivity index (χ4v) is 5.22. The number of fused-ring (bicyclic) bond motifs is 3. The first kappa shape index (κ1) is 21.7. The fourth-order valence-electron chi connectivity index (χ4n) is 4.50. The zero-order valence-electron chi connectivity index (χ0n) is 17.4. The third-order valence-corrected chi connectivity index (χ3v) is 7.03. The molecule has 6 nitrogen and oxygen atoms in total. The summed E-state index contributed by atoms with van der Waals surface area (Å²) in [7, 11) is 0. The molecule has 5 rings (SSSR count). The normalized spacial score (nSPS) is 16.2. The third kappa shape index (κ3) is 4.24. The van der Waals surface area contributed by atoms with Gasteiger partial charge >= 0.3 is 0 Å². The van der Waals surface area contributed by atoms with Crippen molar-refractivity contribution in [2.75, 3.05) is 32.7 Å². The van der Waals surface area contributed by atoms with Crippen LogP contribution in [0, 0.1) is 0 Å². The second-order valence-corrected chi connectivity index (χ2v) is 9.99. The molecule has 1 aliphatic rings. The molecule has 0 radical (unpaired) electrons. The van der Waals surface area contributed by atoms with Gasteiger partial charge in [0.1, 0.15) is 0 Å². The number of furan rings is 1. The van der Waals surface area contributed by atoms with Gasteiger partial charge in [-0.25, -0.2) is 0 Å². The van der Waals surface area contributed by atoms with Crippen LogP contribution in [0.25, 0.3) is 21.8 Å². The van der Waals surface area contributed by atoms with Crippen LogP contribution in [0.4, 0.5) is 0 Å². The van der Waals surface area contributed by atoms with Crippen LogP contribution in [-0.4, -0.2) is 64.2 Å². The monoisotopic (exact) mass is 559 g/mol. The van der Waals surface area contributed by atoms with E-state index in [1.54, 1.807) is 12.1 Å². The fraction of sp³-hybridized carbons (Fsp3) is 0.292. The molecule has 1 aliphatic heterocycles. The summed E-state index contributed by atoms with van der Waals surface area (Å²) in [5.74, 6) is 0.306. The Morgan fingerprint density at radius 3 is 2.12 bits per heavy atom. The molecule has 1 N–H and O–H groups in total. The number of carbonyl (C=O) groups excluding carboxylic acids is 1. The molecule has 1 atom stereocenters. The largest absolute Gasteiger partial charge is 0.459 e. The predicted octanol–water partition coefficient (Wildman–Crippen LogP) is 4.73. The molecule has 4 aromatic rings. The molecular weight excluding hydrogens is 538 g/mol. The Morgan fingerprint density at radius 1 is 0.938 bits per heavy atom. The van der Waals surface area contributed by atoms with Crippen molar-refractivity contribution >= 4 is 59.6 Å². The van der Waals surface area contributed by atoms with Crippen molar-refractivity contribution in [2.45, 2.75) is 12.6 Å². The van der Waals surface area contributed by atoms with Crippen LogP contribution >= 0.6 is 31.9 Å². The Kier molecular flexibility index (Phi) is 6.11. The number of benzene rings is 2. The summed E-state index contributed by atoms with van der Waals surface area (Å²) >= 11 is 7.16. The van der Waals surface area contributed by atoms with Crippen molar-refractivity contribution in [1.82, 2.24) is 14.4 Å². The van der Waals surface area contributed by atoms with Gasteiger partial charge in [0.25, 0.3) is 5.91 Å². The molecule has 2 aromatic heterocycles. The lowest BCUT2D eigenvalue weighted by atomic mass is 10.2. The first-order chi connectivity index (χ1) is 15.5. The SMILES string of the molecule is O=C(c1ccco1)N1CCN(CC(O)Cn2c3ccc(Br)cc3c3cc(Br)ccc32)CC1. The van der Waals surface area contributed by atoms with Crippen LogP contribution in [0.5, 0.6) is 0 Å². The second-order valence-electron chi connectivity index (χ2n) is 8.16. The number of aliphatic hydroxyl groups is 1. The molecule has 1 fully saturated rings. The maximum Gasteiger partial charge on any atom is 0.289 e. The summed E-state index contributed by atoms with van der Waals surface area (Å²) in [5.41, 5.74) is 2.21. The number of β-amino-alcohol motifs (C(OH)–C–C–N with tert-alkyl or cyclic N) is 1. The van der Waals surface area contributed by atoms with Gasteiger partial charge < -0.3 is 19.0 Å². The summed E-state index contributed by atoms with van der Waals surface area (Å²) in [6, 6.07) is 15.9. The lowest BCUT2D eigenvalue weighted by molar-refractivity contribution is 0.0481. The predicted molar refractivity (Wildman–Crippen MR) is 132 cm³/mol. The van der Waals surface area contributed by atoms with Crippen molar-refractivity contribution < 1.29 is 14.3 Å². The lowest BCUT2D eigenvalue weighted by Crippen LogP contribution is -2.50. The Labute approximate surface area is 202 Å². The number of amides is 1. The van der Waals surface area contributed by atoms with Gasteiger partial charge in [-0.05, 0) is 48.5 Å². The van der Waals surface area contributed by atoms with Crippen molar-refractivity contribution in [3.05, 3.63) is 69.5 Å². The Hall–Kier alpha value is -2.13. The minimum atomic E-state index is -0.520. The van der Waals surface area contributed by atoms with E-state index in [0.717, 1.165) is 43.8 Å². The molecule has 8 heteroatoms. The van der Waals surface area contributed by atoms with Crippen LogP contribution < -0.4 is 0 Å². The van der Waals surface area contributed by atoms with Gasteiger partial charge in [0.05, 0.1) is 18.9 Å². The maximum absolute atomic E-state index is 12.5. The molecule has 32 heavy (non-hydrogen) atoms. The van der Waals surface area contributed by atoms with Gasteiger partial charge in [0.15, 0.2) is 5.76 Å².